The third-order valence-electron chi connectivity index (χ3n) is 5.88. The summed E-state index contributed by atoms with van der Waals surface area (Å²) in [5, 5.41) is 41.3. The molecule has 8 heteroatoms. The number of aliphatic hydroxyl groups excluding tert-OH is 4. The minimum Gasteiger partial charge on any atom is -0.395 e. The van der Waals surface area contributed by atoms with Gasteiger partial charge in [0.2, 0.25) is 0 Å². The molecule has 5 rings (SSSR count). The Labute approximate surface area is 180 Å². The van der Waals surface area contributed by atoms with E-state index < -0.39 is 28.5 Å². The average molecular weight is 449 g/mol. The number of hydrogen-bond acceptors (Lipinski definition) is 7. The Hall–Kier alpha value is -1.52. The van der Waals surface area contributed by atoms with Crippen LogP contribution in [0, 0.1) is 5.82 Å². The first-order valence-electron chi connectivity index (χ1n) is 9.69. The van der Waals surface area contributed by atoms with Crippen molar-refractivity contribution in [3.63, 3.8) is 0 Å². The van der Waals surface area contributed by atoms with Crippen molar-refractivity contribution in [2.45, 2.75) is 41.5 Å². The molecule has 0 aliphatic carbocycles. The zero-order valence-corrected chi connectivity index (χ0v) is 17.5. The van der Waals surface area contributed by atoms with E-state index in [1.165, 1.54) is 6.07 Å². The Kier molecular flexibility index (Phi) is 5.14. The molecule has 3 heterocycles. The molecule has 0 unspecified atom stereocenters. The zero-order chi connectivity index (χ0) is 21.0. The van der Waals surface area contributed by atoms with E-state index in [1.54, 1.807) is 17.4 Å². The lowest BCUT2D eigenvalue weighted by Crippen LogP contribution is -2.58. The molecule has 0 saturated carbocycles. The number of hydrogen-bond donors (Lipinski definition) is 4. The van der Waals surface area contributed by atoms with Crippen molar-refractivity contribution in [2.75, 3.05) is 6.61 Å². The number of rotatable bonds is 3. The van der Waals surface area contributed by atoms with Crippen LogP contribution < -0.4 is 0 Å². The number of thiophene rings is 1. The van der Waals surface area contributed by atoms with Gasteiger partial charge < -0.3 is 25.2 Å². The number of ether oxygens (including phenoxy) is 1. The van der Waals surface area contributed by atoms with Crippen molar-refractivity contribution >= 4 is 33.2 Å². The van der Waals surface area contributed by atoms with E-state index in [0.29, 0.717) is 23.1 Å². The third kappa shape index (κ3) is 3.10. The maximum atomic E-state index is 14.9. The van der Waals surface area contributed by atoms with Crippen LogP contribution in [0.2, 0.25) is 0 Å². The number of aliphatic hydroxyl groups is 4. The minimum absolute atomic E-state index is 0.0838. The first-order chi connectivity index (χ1) is 14.4. The van der Waals surface area contributed by atoms with Crippen LogP contribution in [-0.4, -0.2) is 50.6 Å². The highest BCUT2D eigenvalue weighted by Gasteiger charge is 2.57. The molecular formula is C22H21FO5S2. The fourth-order valence-corrected chi connectivity index (χ4v) is 6.93. The minimum atomic E-state index is -1.48. The van der Waals surface area contributed by atoms with Gasteiger partial charge in [0, 0.05) is 21.6 Å². The molecule has 2 aliphatic heterocycles. The van der Waals surface area contributed by atoms with Gasteiger partial charge in [-0.25, -0.2) is 4.39 Å². The second kappa shape index (κ2) is 7.56. The van der Waals surface area contributed by atoms with E-state index in [2.05, 4.69) is 0 Å². The molecule has 1 aromatic heterocycles. The number of halogens is 1. The maximum absolute atomic E-state index is 14.9. The van der Waals surface area contributed by atoms with E-state index in [1.807, 2.05) is 30.3 Å². The number of benzene rings is 2. The van der Waals surface area contributed by atoms with Gasteiger partial charge in [0.25, 0.3) is 0 Å². The van der Waals surface area contributed by atoms with Crippen molar-refractivity contribution < 1.29 is 29.6 Å². The second-order valence-electron chi connectivity index (χ2n) is 7.75. The summed E-state index contributed by atoms with van der Waals surface area (Å²) in [5.41, 5.74) is 1.65. The highest BCUT2D eigenvalue weighted by atomic mass is 32.2. The van der Waals surface area contributed by atoms with Gasteiger partial charge in [-0.1, -0.05) is 18.2 Å². The highest BCUT2D eigenvalue weighted by molar-refractivity contribution is 8.00. The molecule has 5 nitrogen and oxygen atoms in total. The van der Waals surface area contributed by atoms with Gasteiger partial charge in [0.15, 0.2) is 4.93 Å². The lowest BCUT2D eigenvalue weighted by atomic mass is 9.91. The topological polar surface area (TPSA) is 90.2 Å². The van der Waals surface area contributed by atoms with E-state index >= 15 is 0 Å². The Morgan fingerprint density at radius 1 is 1.10 bits per heavy atom. The summed E-state index contributed by atoms with van der Waals surface area (Å²) in [6, 6.07) is 13.2. The molecule has 0 amide bonds. The van der Waals surface area contributed by atoms with Crippen molar-refractivity contribution in [1.29, 1.82) is 0 Å². The van der Waals surface area contributed by atoms with Crippen LogP contribution in [0.4, 0.5) is 4.39 Å². The molecule has 0 radical (unpaired) electrons. The number of fused-ring (bicyclic) bond motifs is 3. The monoisotopic (exact) mass is 448 g/mol. The van der Waals surface area contributed by atoms with Crippen LogP contribution in [0.5, 0.6) is 0 Å². The molecule has 1 fully saturated rings. The molecule has 158 valence electrons. The highest BCUT2D eigenvalue weighted by Crippen LogP contribution is 2.54. The molecule has 5 atom stereocenters. The Bertz CT molecular complexity index is 1070. The Balaban J connectivity index is 1.54. The standard InChI is InChI=1S/C22H21FO5S2/c23-16-8-13-10-28-22(21(27)20(26)19(25)18(9-24)30-22)15(13)7-12(16)6-14-5-11-3-1-2-4-17(11)29-14/h1-5,7-8,18-21,24-27H,6,9-10H2/t18-,19-,20+,21-,22+/m1/s1. The van der Waals surface area contributed by atoms with Gasteiger partial charge >= 0.3 is 0 Å². The summed E-state index contributed by atoms with van der Waals surface area (Å²) in [5.74, 6) is -0.346. The number of thioether (sulfide) groups is 1. The summed E-state index contributed by atoms with van der Waals surface area (Å²) in [7, 11) is 0. The van der Waals surface area contributed by atoms with Gasteiger partial charge in [-0.15, -0.1) is 23.1 Å². The van der Waals surface area contributed by atoms with E-state index in [9.17, 15) is 24.8 Å². The van der Waals surface area contributed by atoms with Gasteiger partial charge in [-0.05, 0) is 40.8 Å². The molecule has 1 saturated heterocycles. The van der Waals surface area contributed by atoms with Crippen molar-refractivity contribution in [3.8, 4) is 0 Å². The predicted octanol–water partition coefficient (Wildman–Crippen LogP) is 2.50. The lowest BCUT2D eigenvalue weighted by Gasteiger charge is -2.45. The molecule has 30 heavy (non-hydrogen) atoms. The molecule has 3 aromatic rings. The molecule has 2 aliphatic rings. The third-order valence-corrected chi connectivity index (χ3v) is 8.66. The smallest absolute Gasteiger partial charge is 0.168 e. The van der Waals surface area contributed by atoms with Crippen LogP contribution in [0.15, 0.2) is 42.5 Å². The van der Waals surface area contributed by atoms with Gasteiger partial charge in [-0.3, -0.25) is 0 Å². The van der Waals surface area contributed by atoms with Crippen molar-refractivity contribution in [3.05, 3.63) is 69.8 Å². The van der Waals surface area contributed by atoms with Crippen LogP contribution in [0.1, 0.15) is 21.6 Å². The van der Waals surface area contributed by atoms with E-state index in [-0.39, 0.29) is 19.0 Å². The second-order valence-corrected chi connectivity index (χ2v) is 10.4. The van der Waals surface area contributed by atoms with Gasteiger partial charge in [0.05, 0.1) is 24.6 Å². The van der Waals surface area contributed by atoms with E-state index in [0.717, 1.165) is 26.7 Å². The Morgan fingerprint density at radius 2 is 1.90 bits per heavy atom. The largest absolute Gasteiger partial charge is 0.395 e. The van der Waals surface area contributed by atoms with Gasteiger partial charge in [-0.2, -0.15) is 0 Å². The summed E-state index contributed by atoms with van der Waals surface area (Å²) < 4.78 is 21.9. The fraction of sp³-hybridized carbons (Fsp3) is 0.364. The van der Waals surface area contributed by atoms with Crippen LogP contribution in [0.3, 0.4) is 0 Å². The molecule has 4 N–H and O–H groups in total. The zero-order valence-electron chi connectivity index (χ0n) is 15.9. The molecule has 1 spiro atoms. The molecule has 0 bridgehead atoms. The van der Waals surface area contributed by atoms with Crippen molar-refractivity contribution in [2.24, 2.45) is 0 Å². The van der Waals surface area contributed by atoms with Crippen molar-refractivity contribution in [1.82, 2.24) is 0 Å². The summed E-state index contributed by atoms with van der Waals surface area (Å²) >= 11 is 2.68. The van der Waals surface area contributed by atoms with Gasteiger partial charge in [0.1, 0.15) is 18.0 Å². The van der Waals surface area contributed by atoms with E-state index in [4.69, 9.17) is 4.74 Å². The normalized spacial score (nSPS) is 30.8. The average Bonchev–Trinajstić information content (AvgIpc) is 3.31. The summed E-state index contributed by atoms with van der Waals surface area (Å²) in [6.45, 7) is -0.299. The van der Waals surface area contributed by atoms with Crippen LogP contribution >= 0.6 is 23.1 Å². The summed E-state index contributed by atoms with van der Waals surface area (Å²) in [4.78, 5) is -0.340. The first kappa shape index (κ1) is 20.4. The maximum Gasteiger partial charge on any atom is 0.168 e. The molecule has 2 aromatic carbocycles. The Morgan fingerprint density at radius 3 is 2.67 bits per heavy atom. The quantitative estimate of drug-likeness (QED) is 0.492. The predicted molar refractivity (Wildman–Crippen MR) is 114 cm³/mol. The van der Waals surface area contributed by atoms with Crippen LogP contribution in [0.25, 0.3) is 10.1 Å². The fourth-order valence-electron chi connectivity index (χ4n) is 4.30. The van der Waals surface area contributed by atoms with Crippen LogP contribution in [-0.2, 0) is 22.7 Å². The lowest BCUT2D eigenvalue weighted by molar-refractivity contribution is -0.147. The molecular weight excluding hydrogens is 427 g/mol. The SMILES string of the molecule is OC[C@H]1S[C@]2(OCc3cc(F)c(Cc4cc5ccccc5s4)cc32)[C@H](O)[C@@H](O)[C@@H]1O. The summed E-state index contributed by atoms with van der Waals surface area (Å²) in [6.07, 6.45) is -3.79. The first-order valence-corrected chi connectivity index (χ1v) is 11.4.